The molecule has 3 rings (SSSR count). The summed E-state index contributed by atoms with van der Waals surface area (Å²) in [6.07, 6.45) is 4.28. The third-order valence-electron chi connectivity index (χ3n) is 4.40. The molecule has 0 spiro atoms. The molecule has 0 atom stereocenters. The molecule has 1 heterocycles. The fraction of sp³-hybridized carbons (Fsp3) is 0.273. The van der Waals surface area contributed by atoms with Crippen LogP contribution in [0.1, 0.15) is 25.0 Å². The quantitative estimate of drug-likeness (QED) is 0.531. The van der Waals surface area contributed by atoms with E-state index in [4.69, 9.17) is 20.9 Å². The van der Waals surface area contributed by atoms with E-state index >= 15 is 0 Å². The van der Waals surface area contributed by atoms with Crippen LogP contribution >= 0.6 is 11.8 Å². The monoisotopic (exact) mass is 410 g/mol. The van der Waals surface area contributed by atoms with Gasteiger partial charge in [0.25, 0.3) is 0 Å². The third-order valence-corrected chi connectivity index (χ3v) is 5.12. The lowest BCUT2D eigenvalue weighted by molar-refractivity contribution is 0.325. The lowest BCUT2D eigenvalue weighted by Gasteiger charge is -2.18. The lowest BCUT2D eigenvalue weighted by atomic mass is 9.98. The molecule has 152 valence electrons. The first kappa shape index (κ1) is 20.8. The van der Waals surface area contributed by atoms with E-state index in [1.165, 1.54) is 4.90 Å². The number of rotatable bonds is 8. The highest BCUT2D eigenvalue weighted by atomic mass is 32.2. The Morgan fingerprint density at radius 3 is 2.28 bits per heavy atom. The van der Waals surface area contributed by atoms with E-state index in [-0.39, 0.29) is 5.95 Å². The Kier molecular flexibility index (Phi) is 6.82. The maximum absolute atomic E-state index is 6.02. The van der Waals surface area contributed by atoms with Gasteiger partial charge in [-0.15, -0.1) is 11.8 Å². The van der Waals surface area contributed by atoms with Gasteiger partial charge in [-0.1, -0.05) is 12.1 Å². The fourth-order valence-corrected chi connectivity index (χ4v) is 3.60. The summed E-state index contributed by atoms with van der Waals surface area (Å²) in [5.74, 6) is 2.11. The van der Waals surface area contributed by atoms with Crippen molar-refractivity contribution < 1.29 is 9.47 Å². The summed E-state index contributed by atoms with van der Waals surface area (Å²) in [6, 6.07) is 12.4. The number of thioether (sulfide) groups is 1. The highest BCUT2D eigenvalue weighted by Gasteiger charge is 2.17. The summed E-state index contributed by atoms with van der Waals surface area (Å²) in [6.45, 7) is 5.05. The number of ether oxygens (including phenoxy) is 2. The van der Waals surface area contributed by atoms with E-state index in [0.717, 1.165) is 33.8 Å². The van der Waals surface area contributed by atoms with Crippen LogP contribution in [0.25, 0.3) is 11.1 Å². The van der Waals surface area contributed by atoms with Crippen molar-refractivity contribution in [3.05, 3.63) is 53.7 Å². The lowest BCUT2D eigenvalue weighted by Crippen LogP contribution is -2.05. The maximum Gasteiger partial charge on any atom is 0.221 e. The predicted molar refractivity (Wildman–Crippen MR) is 120 cm³/mol. The van der Waals surface area contributed by atoms with Crippen LogP contribution in [0.4, 0.5) is 11.8 Å². The average Bonchev–Trinajstić information content (AvgIpc) is 2.70. The van der Waals surface area contributed by atoms with Gasteiger partial charge in [0, 0.05) is 23.1 Å². The second kappa shape index (κ2) is 9.52. The van der Waals surface area contributed by atoms with E-state index in [1.807, 2.05) is 32.0 Å². The summed E-state index contributed by atoms with van der Waals surface area (Å²) >= 11 is 1.70. The molecule has 3 aromatic rings. The zero-order valence-corrected chi connectivity index (χ0v) is 17.8. The van der Waals surface area contributed by atoms with Crippen LogP contribution < -0.4 is 20.9 Å². The number of aromatic nitrogens is 2. The van der Waals surface area contributed by atoms with Gasteiger partial charge in [-0.2, -0.15) is 4.98 Å². The van der Waals surface area contributed by atoms with Crippen molar-refractivity contribution in [2.45, 2.75) is 25.2 Å². The van der Waals surface area contributed by atoms with Gasteiger partial charge in [0.05, 0.1) is 18.8 Å². The van der Waals surface area contributed by atoms with E-state index in [1.54, 1.807) is 18.0 Å². The Morgan fingerprint density at radius 2 is 1.69 bits per heavy atom. The van der Waals surface area contributed by atoms with Crippen molar-refractivity contribution in [2.24, 2.45) is 0 Å². The minimum atomic E-state index is 0.167. The topological polar surface area (TPSA) is 96.3 Å². The number of benzene rings is 2. The smallest absolute Gasteiger partial charge is 0.221 e. The summed E-state index contributed by atoms with van der Waals surface area (Å²) < 4.78 is 12.0. The zero-order valence-electron chi connectivity index (χ0n) is 16.9. The van der Waals surface area contributed by atoms with E-state index < -0.39 is 0 Å². The molecule has 6 nitrogen and oxygen atoms in total. The van der Waals surface area contributed by atoms with Crippen molar-refractivity contribution in [1.82, 2.24) is 9.97 Å². The molecule has 0 saturated heterocycles. The molecular formula is C22H26N4O2S. The van der Waals surface area contributed by atoms with Gasteiger partial charge in [0.2, 0.25) is 5.95 Å². The Labute approximate surface area is 175 Å². The Hall–Kier alpha value is -2.93. The summed E-state index contributed by atoms with van der Waals surface area (Å²) in [5, 5.41) is 0. The molecule has 0 radical (unpaired) electrons. The van der Waals surface area contributed by atoms with Gasteiger partial charge in [0.1, 0.15) is 17.3 Å². The van der Waals surface area contributed by atoms with Crippen LogP contribution in [0, 0.1) is 0 Å². The number of nitrogens with two attached hydrogens (primary N) is 2. The highest BCUT2D eigenvalue weighted by Crippen LogP contribution is 2.41. The molecule has 29 heavy (non-hydrogen) atoms. The number of hydrogen-bond donors (Lipinski definition) is 2. The first-order valence-corrected chi connectivity index (χ1v) is 10.7. The average molecular weight is 411 g/mol. The van der Waals surface area contributed by atoms with Crippen LogP contribution in [0.2, 0.25) is 0 Å². The Balaban J connectivity index is 2.10. The summed E-state index contributed by atoms with van der Waals surface area (Å²) in [4.78, 5) is 9.29. The van der Waals surface area contributed by atoms with Crippen LogP contribution in [0.5, 0.6) is 11.5 Å². The molecule has 0 amide bonds. The molecule has 0 aliphatic rings. The van der Waals surface area contributed by atoms with Crippen LogP contribution in [0.3, 0.4) is 0 Å². The van der Waals surface area contributed by atoms with E-state index in [9.17, 15) is 0 Å². The first-order valence-electron chi connectivity index (χ1n) is 9.49. The molecule has 2 aromatic carbocycles. The van der Waals surface area contributed by atoms with Gasteiger partial charge >= 0.3 is 0 Å². The first-order chi connectivity index (χ1) is 14.0. The molecule has 0 bridgehead atoms. The SMILES string of the molecule is CCOc1cc(Cc2cnc(N)nc2N)cc(OCC)c1-c1cccc(SC)c1. The van der Waals surface area contributed by atoms with E-state index in [2.05, 4.69) is 34.4 Å². The third kappa shape index (κ3) is 4.92. The molecule has 4 N–H and O–H groups in total. The predicted octanol–water partition coefficient (Wildman–Crippen LogP) is 4.42. The molecular weight excluding hydrogens is 384 g/mol. The Bertz CT molecular complexity index is 967. The van der Waals surface area contributed by atoms with Crippen molar-refractivity contribution in [3.8, 4) is 22.6 Å². The van der Waals surface area contributed by atoms with Gasteiger partial charge in [-0.05, 0) is 55.5 Å². The number of anilines is 2. The minimum Gasteiger partial charge on any atom is -0.493 e. The van der Waals surface area contributed by atoms with Crippen LogP contribution in [-0.4, -0.2) is 29.4 Å². The molecule has 0 unspecified atom stereocenters. The minimum absolute atomic E-state index is 0.167. The van der Waals surface area contributed by atoms with Gasteiger partial charge < -0.3 is 20.9 Å². The zero-order chi connectivity index (χ0) is 20.8. The number of nitrogens with zero attached hydrogens (tertiary/aromatic N) is 2. The molecule has 0 aliphatic heterocycles. The molecule has 7 heteroatoms. The Morgan fingerprint density at radius 1 is 1.00 bits per heavy atom. The van der Waals surface area contributed by atoms with E-state index in [0.29, 0.717) is 25.5 Å². The van der Waals surface area contributed by atoms with Gasteiger partial charge in [0.15, 0.2) is 0 Å². The van der Waals surface area contributed by atoms with Crippen molar-refractivity contribution in [2.75, 3.05) is 30.9 Å². The molecule has 1 aromatic heterocycles. The van der Waals surface area contributed by atoms with Gasteiger partial charge in [-0.25, -0.2) is 4.98 Å². The second-order valence-corrected chi connectivity index (χ2v) is 7.26. The largest absolute Gasteiger partial charge is 0.493 e. The second-order valence-electron chi connectivity index (χ2n) is 6.38. The molecule has 0 fully saturated rings. The fourth-order valence-electron chi connectivity index (χ4n) is 3.14. The highest BCUT2D eigenvalue weighted by molar-refractivity contribution is 7.98. The standard InChI is InChI=1S/C22H26N4O2S/c1-4-27-18-10-14(9-16-13-25-22(24)26-21(16)23)11-19(28-5-2)20(18)15-7-6-8-17(12-15)29-3/h6-8,10-13H,4-5,9H2,1-3H3,(H4,23,24,25,26). The van der Waals surface area contributed by atoms with Crippen LogP contribution in [-0.2, 0) is 6.42 Å². The van der Waals surface area contributed by atoms with Gasteiger partial charge in [-0.3, -0.25) is 0 Å². The summed E-state index contributed by atoms with van der Waals surface area (Å²) in [5.41, 5.74) is 15.5. The maximum atomic E-state index is 6.02. The molecule has 0 aliphatic carbocycles. The van der Waals surface area contributed by atoms with Crippen molar-refractivity contribution in [3.63, 3.8) is 0 Å². The number of hydrogen-bond acceptors (Lipinski definition) is 7. The van der Waals surface area contributed by atoms with Crippen molar-refractivity contribution >= 4 is 23.5 Å². The summed E-state index contributed by atoms with van der Waals surface area (Å²) in [7, 11) is 0. The van der Waals surface area contributed by atoms with Crippen molar-refractivity contribution in [1.29, 1.82) is 0 Å². The number of nitrogen functional groups attached to an aromatic ring is 2. The normalized spacial score (nSPS) is 10.7. The molecule has 0 saturated carbocycles. The van der Waals surface area contributed by atoms with Crippen LogP contribution in [0.15, 0.2) is 47.5 Å².